The van der Waals surface area contributed by atoms with E-state index in [9.17, 15) is 4.79 Å². The molecule has 0 fully saturated rings. The smallest absolute Gasteiger partial charge is 0.155 e. The average molecular weight is 491 g/mol. The van der Waals surface area contributed by atoms with Gasteiger partial charge in [-0.3, -0.25) is 4.79 Å². The van der Waals surface area contributed by atoms with Crippen LogP contribution in [0.3, 0.4) is 0 Å². The molecule has 0 unspecified atom stereocenters. The first-order valence-corrected chi connectivity index (χ1v) is 16.5. The number of unbranched alkanes of at least 4 members (excludes halogenated alkanes) is 28. The van der Waals surface area contributed by atoms with Crippen LogP contribution in [0.5, 0.6) is 0 Å². The van der Waals surface area contributed by atoms with Gasteiger partial charge >= 0.3 is 0 Å². The molecule has 208 valence electrons. The SMILES string of the molecule is C=CC(=O)CCCCCCCCCCCCCCCCCCCCCCCCCCCCCCC. The molecule has 0 aromatic rings. The topological polar surface area (TPSA) is 17.1 Å². The molecule has 0 radical (unpaired) electrons. The van der Waals surface area contributed by atoms with Crippen LogP contribution in [0, 0.1) is 0 Å². The van der Waals surface area contributed by atoms with Crippen molar-refractivity contribution in [3.05, 3.63) is 12.7 Å². The van der Waals surface area contributed by atoms with Crippen molar-refractivity contribution in [3.8, 4) is 0 Å². The Morgan fingerprint density at radius 1 is 0.400 bits per heavy atom. The van der Waals surface area contributed by atoms with Crippen molar-refractivity contribution >= 4 is 5.78 Å². The Morgan fingerprint density at radius 2 is 0.600 bits per heavy atom. The third-order valence-electron chi connectivity index (χ3n) is 7.75. The summed E-state index contributed by atoms with van der Waals surface area (Å²) in [4.78, 5) is 11.1. The molecule has 0 aliphatic heterocycles. The van der Waals surface area contributed by atoms with E-state index < -0.39 is 0 Å². The zero-order chi connectivity index (χ0) is 25.5. The first-order valence-electron chi connectivity index (χ1n) is 16.5. The summed E-state index contributed by atoms with van der Waals surface area (Å²) in [5, 5.41) is 0. The van der Waals surface area contributed by atoms with Gasteiger partial charge in [-0.15, -0.1) is 0 Å². The molecule has 0 saturated carbocycles. The van der Waals surface area contributed by atoms with Crippen LogP contribution in [0.15, 0.2) is 12.7 Å². The molecule has 0 heterocycles. The third kappa shape index (κ3) is 31.4. The van der Waals surface area contributed by atoms with Crippen molar-refractivity contribution in [3.63, 3.8) is 0 Å². The van der Waals surface area contributed by atoms with Crippen molar-refractivity contribution in [2.24, 2.45) is 0 Å². The molecule has 0 aliphatic carbocycles. The lowest BCUT2D eigenvalue weighted by Crippen LogP contribution is -1.91. The lowest BCUT2D eigenvalue weighted by Gasteiger charge is -2.04. The van der Waals surface area contributed by atoms with Gasteiger partial charge in [0.05, 0.1) is 0 Å². The van der Waals surface area contributed by atoms with Gasteiger partial charge in [0.2, 0.25) is 0 Å². The van der Waals surface area contributed by atoms with E-state index in [1.807, 2.05) is 0 Å². The van der Waals surface area contributed by atoms with E-state index in [2.05, 4.69) is 13.5 Å². The lowest BCUT2D eigenvalue weighted by atomic mass is 10.0. The highest BCUT2D eigenvalue weighted by Crippen LogP contribution is 2.16. The summed E-state index contributed by atoms with van der Waals surface area (Å²) < 4.78 is 0. The Morgan fingerprint density at radius 3 is 0.800 bits per heavy atom. The van der Waals surface area contributed by atoms with Gasteiger partial charge in [0, 0.05) is 6.42 Å². The normalized spacial score (nSPS) is 11.2. The summed E-state index contributed by atoms with van der Waals surface area (Å²) in [6.07, 6.45) is 43.5. The minimum atomic E-state index is 0.204. The van der Waals surface area contributed by atoms with E-state index in [-0.39, 0.29) is 5.78 Å². The average Bonchev–Trinajstić information content (AvgIpc) is 2.87. The second-order valence-corrected chi connectivity index (χ2v) is 11.3. The molecule has 35 heavy (non-hydrogen) atoms. The predicted octanol–water partition coefficient (Wildman–Crippen LogP) is 12.5. The Labute approximate surface area is 222 Å². The second kappa shape index (κ2) is 31.4. The van der Waals surface area contributed by atoms with E-state index in [1.165, 1.54) is 186 Å². The van der Waals surface area contributed by atoms with Gasteiger partial charge in [0.1, 0.15) is 0 Å². The third-order valence-corrected chi connectivity index (χ3v) is 7.75. The Kier molecular flexibility index (Phi) is 30.9. The van der Waals surface area contributed by atoms with Crippen LogP contribution in [0.4, 0.5) is 0 Å². The monoisotopic (exact) mass is 491 g/mol. The minimum Gasteiger partial charge on any atom is -0.295 e. The van der Waals surface area contributed by atoms with Gasteiger partial charge in [0.25, 0.3) is 0 Å². The molecule has 0 amide bonds. The molecule has 0 aromatic heterocycles. The summed E-state index contributed by atoms with van der Waals surface area (Å²) in [6, 6.07) is 0. The highest BCUT2D eigenvalue weighted by atomic mass is 16.1. The first kappa shape index (κ1) is 34.4. The molecule has 0 bridgehead atoms. The zero-order valence-electron chi connectivity index (χ0n) is 24.4. The number of ketones is 1. The van der Waals surface area contributed by atoms with Crippen molar-refractivity contribution < 1.29 is 4.79 Å². The van der Waals surface area contributed by atoms with Crippen molar-refractivity contribution in [2.45, 2.75) is 200 Å². The molecular weight excluding hydrogens is 424 g/mol. The van der Waals surface area contributed by atoms with Crippen molar-refractivity contribution in [2.75, 3.05) is 0 Å². The minimum absolute atomic E-state index is 0.204. The summed E-state index contributed by atoms with van der Waals surface area (Å²) in [7, 11) is 0. The summed E-state index contributed by atoms with van der Waals surface area (Å²) >= 11 is 0. The maximum atomic E-state index is 11.1. The van der Waals surface area contributed by atoms with Gasteiger partial charge < -0.3 is 0 Å². The summed E-state index contributed by atoms with van der Waals surface area (Å²) in [5.74, 6) is 0.204. The maximum Gasteiger partial charge on any atom is 0.155 e. The van der Waals surface area contributed by atoms with Crippen LogP contribution in [0.2, 0.25) is 0 Å². The number of carbonyl (C=O) groups is 1. The van der Waals surface area contributed by atoms with Gasteiger partial charge in [-0.1, -0.05) is 193 Å². The molecule has 0 spiro atoms. The Balaban J connectivity index is 3.03. The van der Waals surface area contributed by atoms with Crippen molar-refractivity contribution in [1.29, 1.82) is 0 Å². The van der Waals surface area contributed by atoms with E-state index in [4.69, 9.17) is 0 Å². The zero-order valence-corrected chi connectivity index (χ0v) is 24.4. The van der Waals surface area contributed by atoms with E-state index in [1.54, 1.807) is 0 Å². The number of hydrogen-bond acceptors (Lipinski definition) is 1. The molecule has 0 atom stereocenters. The standard InChI is InChI=1S/C34H66O/c1-3-5-6-7-8-9-10-11-12-13-14-15-16-17-18-19-20-21-22-23-24-25-26-27-28-29-30-31-32-33-34(35)4-2/h4H,2-3,5-33H2,1H3. The lowest BCUT2D eigenvalue weighted by molar-refractivity contribution is -0.114. The van der Waals surface area contributed by atoms with Gasteiger partial charge in [-0.05, 0) is 12.5 Å². The van der Waals surface area contributed by atoms with Crippen LogP contribution in [-0.2, 0) is 4.79 Å². The van der Waals surface area contributed by atoms with E-state index in [0.717, 1.165) is 6.42 Å². The largest absolute Gasteiger partial charge is 0.295 e. The summed E-state index contributed by atoms with van der Waals surface area (Å²) in [5.41, 5.74) is 0. The number of rotatable bonds is 31. The molecule has 1 heteroatoms. The fourth-order valence-corrected chi connectivity index (χ4v) is 5.25. The maximum absolute atomic E-state index is 11.1. The summed E-state index contributed by atoms with van der Waals surface area (Å²) in [6.45, 7) is 5.83. The number of hydrogen-bond donors (Lipinski definition) is 0. The molecule has 0 N–H and O–H groups in total. The highest BCUT2D eigenvalue weighted by molar-refractivity contribution is 5.88. The first-order chi connectivity index (χ1) is 17.3. The quantitative estimate of drug-likeness (QED) is 0.0697. The Bertz CT molecular complexity index is 413. The highest BCUT2D eigenvalue weighted by Gasteiger charge is 1.98. The second-order valence-electron chi connectivity index (χ2n) is 11.3. The van der Waals surface area contributed by atoms with E-state index in [0.29, 0.717) is 6.42 Å². The van der Waals surface area contributed by atoms with Crippen LogP contribution >= 0.6 is 0 Å². The fraction of sp³-hybridized carbons (Fsp3) is 0.912. The fourth-order valence-electron chi connectivity index (χ4n) is 5.25. The Hall–Kier alpha value is -0.590. The van der Waals surface area contributed by atoms with Crippen LogP contribution in [-0.4, -0.2) is 5.78 Å². The number of carbonyl (C=O) groups excluding carboxylic acids is 1. The van der Waals surface area contributed by atoms with Crippen molar-refractivity contribution in [1.82, 2.24) is 0 Å². The molecule has 0 rings (SSSR count). The predicted molar refractivity (Wildman–Crippen MR) is 159 cm³/mol. The molecule has 1 nitrogen and oxygen atoms in total. The van der Waals surface area contributed by atoms with Gasteiger partial charge in [0.15, 0.2) is 5.78 Å². The van der Waals surface area contributed by atoms with Crippen LogP contribution in [0.1, 0.15) is 200 Å². The van der Waals surface area contributed by atoms with Gasteiger partial charge in [-0.2, -0.15) is 0 Å². The van der Waals surface area contributed by atoms with Crippen LogP contribution in [0.25, 0.3) is 0 Å². The number of allylic oxidation sites excluding steroid dienone is 1. The molecule has 0 saturated heterocycles. The molecule has 0 aliphatic rings. The van der Waals surface area contributed by atoms with E-state index >= 15 is 0 Å². The molecule has 0 aromatic carbocycles. The molecular formula is C34H66O. The van der Waals surface area contributed by atoms with Crippen LogP contribution < -0.4 is 0 Å². The van der Waals surface area contributed by atoms with Gasteiger partial charge in [-0.25, -0.2) is 0 Å².